The molecule has 0 amide bonds. The van der Waals surface area contributed by atoms with E-state index in [0.717, 1.165) is 32.4 Å². The third-order valence-electron chi connectivity index (χ3n) is 4.96. The smallest absolute Gasteiger partial charge is 0.0613 e. The topological polar surface area (TPSA) is 38.7 Å². The Morgan fingerprint density at radius 1 is 1.29 bits per heavy atom. The molecule has 2 N–H and O–H groups in total. The van der Waals surface area contributed by atoms with Gasteiger partial charge in [-0.25, -0.2) is 0 Å². The molecule has 1 rings (SSSR count). The van der Waals surface area contributed by atoms with E-state index in [1.165, 1.54) is 19.6 Å². The third-order valence-corrected chi connectivity index (χ3v) is 4.96. The molecular formula is C17H37N3O. The van der Waals surface area contributed by atoms with Gasteiger partial charge in [0, 0.05) is 37.3 Å². The molecule has 4 heteroatoms. The lowest BCUT2D eigenvalue weighted by atomic mass is 9.90. The van der Waals surface area contributed by atoms with Crippen LogP contribution in [-0.4, -0.2) is 71.9 Å². The number of piperazine rings is 1. The summed E-state index contributed by atoms with van der Waals surface area (Å²) in [5.74, 6) is 0. The van der Waals surface area contributed by atoms with Crippen molar-refractivity contribution in [2.24, 2.45) is 0 Å². The summed E-state index contributed by atoms with van der Waals surface area (Å²) in [5.41, 5.74) is -0.0922. The van der Waals surface area contributed by atoms with Crippen molar-refractivity contribution >= 4 is 0 Å². The minimum absolute atomic E-state index is 0.0922. The van der Waals surface area contributed by atoms with Crippen LogP contribution in [0.4, 0.5) is 0 Å². The first kappa shape index (κ1) is 18.9. The number of likely N-dealkylation sites (N-methyl/N-ethyl adjacent to an activating group) is 1. The molecule has 0 radical (unpaired) electrons. The maximum Gasteiger partial charge on any atom is 0.0613 e. The van der Waals surface area contributed by atoms with Crippen LogP contribution in [0.1, 0.15) is 53.9 Å². The van der Waals surface area contributed by atoms with Gasteiger partial charge in [-0.15, -0.1) is 0 Å². The monoisotopic (exact) mass is 299 g/mol. The predicted octanol–water partition coefficient (Wildman–Crippen LogP) is 1.93. The van der Waals surface area contributed by atoms with Crippen LogP contribution in [0.5, 0.6) is 0 Å². The molecule has 126 valence electrons. The number of hydrogen-bond donors (Lipinski definition) is 2. The number of hydrogen-bond acceptors (Lipinski definition) is 4. The molecule has 1 aliphatic rings. The van der Waals surface area contributed by atoms with Gasteiger partial charge in [-0.2, -0.15) is 0 Å². The lowest BCUT2D eigenvalue weighted by Gasteiger charge is -2.40. The van der Waals surface area contributed by atoms with E-state index in [1.807, 2.05) is 0 Å². The van der Waals surface area contributed by atoms with Crippen molar-refractivity contribution in [1.29, 1.82) is 0 Å². The molecule has 1 fully saturated rings. The SMILES string of the molecule is CCN1CCN(CCCC(CC)(CO)NC(C)C)CC1C. The van der Waals surface area contributed by atoms with Gasteiger partial charge in [0.2, 0.25) is 0 Å². The Morgan fingerprint density at radius 2 is 2.00 bits per heavy atom. The van der Waals surface area contributed by atoms with Crippen molar-refractivity contribution in [2.75, 3.05) is 39.3 Å². The molecule has 1 heterocycles. The first-order chi connectivity index (χ1) is 9.96. The Hall–Kier alpha value is -0.160. The van der Waals surface area contributed by atoms with Crippen LogP contribution in [0.2, 0.25) is 0 Å². The number of aliphatic hydroxyl groups excluding tert-OH is 1. The molecular weight excluding hydrogens is 262 g/mol. The van der Waals surface area contributed by atoms with Crippen LogP contribution in [0.25, 0.3) is 0 Å². The first-order valence-electron chi connectivity index (χ1n) is 8.81. The Bertz CT molecular complexity index is 279. The average molecular weight is 300 g/mol. The zero-order valence-electron chi connectivity index (χ0n) is 14.9. The largest absolute Gasteiger partial charge is 0.394 e. The molecule has 0 aliphatic carbocycles. The Kier molecular flexibility index (Phi) is 8.17. The van der Waals surface area contributed by atoms with Crippen molar-refractivity contribution in [2.45, 2.75) is 71.5 Å². The molecule has 21 heavy (non-hydrogen) atoms. The van der Waals surface area contributed by atoms with Gasteiger partial charge < -0.3 is 15.3 Å². The van der Waals surface area contributed by atoms with Crippen LogP contribution in [0, 0.1) is 0 Å². The highest BCUT2D eigenvalue weighted by Gasteiger charge is 2.28. The minimum Gasteiger partial charge on any atom is -0.394 e. The minimum atomic E-state index is -0.0922. The summed E-state index contributed by atoms with van der Waals surface area (Å²) < 4.78 is 0. The summed E-state index contributed by atoms with van der Waals surface area (Å²) in [5, 5.41) is 13.4. The number of rotatable bonds is 9. The molecule has 1 aliphatic heterocycles. The molecule has 0 aromatic heterocycles. The zero-order chi connectivity index (χ0) is 15.9. The van der Waals surface area contributed by atoms with Crippen molar-refractivity contribution in [3.8, 4) is 0 Å². The maximum atomic E-state index is 9.79. The Balaban J connectivity index is 2.37. The summed E-state index contributed by atoms with van der Waals surface area (Å²) in [7, 11) is 0. The van der Waals surface area contributed by atoms with Crippen molar-refractivity contribution in [3.63, 3.8) is 0 Å². The average Bonchev–Trinajstić information content (AvgIpc) is 2.46. The second-order valence-corrected chi connectivity index (χ2v) is 6.97. The van der Waals surface area contributed by atoms with E-state index in [2.05, 4.69) is 49.7 Å². The molecule has 1 saturated heterocycles. The molecule has 0 bridgehead atoms. The Labute approximate surface area is 131 Å². The fourth-order valence-electron chi connectivity index (χ4n) is 3.58. The summed E-state index contributed by atoms with van der Waals surface area (Å²) in [6, 6.07) is 1.09. The number of aliphatic hydroxyl groups is 1. The second kappa shape index (κ2) is 9.09. The zero-order valence-corrected chi connectivity index (χ0v) is 14.9. The molecule has 0 aromatic rings. The quantitative estimate of drug-likeness (QED) is 0.682. The number of nitrogens with zero attached hydrogens (tertiary/aromatic N) is 2. The van der Waals surface area contributed by atoms with Gasteiger partial charge in [0.25, 0.3) is 0 Å². The van der Waals surface area contributed by atoms with Crippen molar-refractivity contribution < 1.29 is 5.11 Å². The maximum absolute atomic E-state index is 9.79. The molecule has 2 atom stereocenters. The van der Waals surface area contributed by atoms with Gasteiger partial charge in [-0.05, 0) is 39.3 Å². The van der Waals surface area contributed by atoms with Crippen LogP contribution in [0.3, 0.4) is 0 Å². The van der Waals surface area contributed by atoms with Crippen molar-refractivity contribution in [3.05, 3.63) is 0 Å². The first-order valence-corrected chi connectivity index (χ1v) is 8.81. The van der Waals surface area contributed by atoms with E-state index in [-0.39, 0.29) is 12.1 Å². The molecule has 2 unspecified atom stereocenters. The fraction of sp³-hybridized carbons (Fsp3) is 1.00. The molecule has 0 saturated carbocycles. The summed E-state index contributed by atoms with van der Waals surface area (Å²) in [6.07, 6.45) is 3.20. The third kappa shape index (κ3) is 5.85. The predicted molar refractivity (Wildman–Crippen MR) is 90.8 cm³/mol. The van der Waals surface area contributed by atoms with E-state index in [0.29, 0.717) is 12.1 Å². The van der Waals surface area contributed by atoms with Gasteiger partial charge in [-0.3, -0.25) is 4.90 Å². The van der Waals surface area contributed by atoms with E-state index < -0.39 is 0 Å². The lowest BCUT2D eigenvalue weighted by molar-refractivity contribution is 0.0803. The highest BCUT2D eigenvalue weighted by Crippen LogP contribution is 2.19. The summed E-state index contributed by atoms with van der Waals surface area (Å²) in [4.78, 5) is 5.14. The van der Waals surface area contributed by atoms with E-state index in [9.17, 15) is 5.11 Å². The van der Waals surface area contributed by atoms with Gasteiger partial charge in [0.05, 0.1) is 6.61 Å². The molecule has 0 spiro atoms. The summed E-state index contributed by atoms with van der Waals surface area (Å²) in [6.45, 7) is 17.2. The van der Waals surface area contributed by atoms with Crippen LogP contribution >= 0.6 is 0 Å². The van der Waals surface area contributed by atoms with Crippen LogP contribution < -0.4 is 5.32 Å². The lowest BCUT2D eigenvalue weighted by Crippen LogP contribution is -2.53. The second-order valence-electron chi connectivity index (χ2n) is 6.97. The van der Waals surface area contributed by atoms with E-state index in [4.69, 9.17) is 0 Å². The normalized spacial score (nSPS) is 24.4. The number of nitrogens with one attached hydrogen (secondary N) is 1. The highest BCUT2D eigenvalue weighted by atomic mass is 16.3. The van der Waals surface area contributed by atoms with Crippen LogP contribution in [0.15, 0.2) is 0 Å². The van der Waals surface area contributed by atoms with Crippen LogP contribution in [-0.2, 0) is 0 Å². The van der Waals surface area contributed by atoms with Gasteiger partial charge in [-0.1, -0.05) is 27.7 Å². The summed E-state index contributed by atoms with van der Waals surface area (Å²) >= 11 is 0. The Morgan fingerprint density at radius 3 is 2.48 bits per heavy atom. The van der Waals surface area contributed by atoms with E-state index >= 15 is 0 Å². The van der Waals surface area contributed by atoms with Gasteiger partial charge in [0.15, 0.2) is 0 Å². The van der Waals surface area contributed by atoms with E-state index in [1.54, 1.807) is 0 Å². The van der Waals surface area contributed by atoms with Gasteiger partial charge in [0.1, 0.15) is 0 Å². The molecule has 4 nitrogen and oxygen atoms in total. The standard InChI is InChI=1S/C17H37N3O/c1-6-17(14-21,18-15(3)4)9-8-10-19-11-12-20(7-2)16(5)13-19/h15-16,18,21H,6-14H2,1-5H3. The van der Waals surface area contributed by atoms with Crippen molar-refractivity contribution in [1.82, 2.24) is 15.1 Å². The molecule has 0 aromatic carbocycles. The highest BCUT2D eigenvalue weighted by molar-refractivity contribution is 4.88. The fourth-order valence-corrected chi connectivity index (χ4v) is 3.58. The van der Waals surface area contributed by atoms with Gasteiger partial charge >= 0.3 is 0 Å².